The van der Waals surface area contributed by atoms with E-state index in [2.05, 4.69) is 0 Å². The molecule has 0 radical (unpaired) electrons. The summed E-state index contributed by atoms with van der Waals surface area (Å²) in [7, 11) is 0. The summed E-state index contributed by atoms with van der Waals surface area (Å²) in [4.78, 5) is 11.2. The van der Waals surface area contributed by atoms with Gasteiger partial charge in [0.2, 0.25) is 0 Å². The zero-order valence-corrected chi connectivity index (χ0v) is 8.37. The van der Waals surface area contributed by atoms with Crippen LogP contribution in [0.1, 0.15) is 13.3 Å². The monoisotopic (exact) mass is 212 g/mol. The molecule has 0 fully saturated rings. The van der Waals surface area contributed by atoms with Crippen LogP contribution in [0.25, 0.3) is 0 Å². The fraction of sp³-hybridized carbons (Fsp3) is 0.300. The van der Waals surface area contributed by atoms with Gasteiger partial charge in [-0.1, -0.05) is 13.0 Å². The summed E-state index contributed by atoms with van der Waals surface area (Å²) in [5, 5.41) is 0. The van der Waals surface area contributed by atoms with Crippen molar-refractivity contribution in [1.82, 2.24) is 5.43 Å². The van der Waals surface area contributed by atoms with Crippen molar-refractivity contribution in [2.45, 2.75) is 19.4 Å². The number of halogens is 1. The standard InChI is InChI=1S/C10H13FN2O2/c1-2-9(10(14)13-12)15-8-5-3-4-7(11)6-8/h3-6,9H,2,12H2,1H3,(H,13,14). The minimum atomic E-state index is -0.697. The average Bonchev–Trinajstić information content (AvgIpc) is 2.25. The minimum absolute atomic E-state index is 0.311. The topological polar surface area (TPSA) is 64.3 Å². The summed E-state index contributed by atoms with van der Waals surface area (Å²) in [6, 6.07) is 5.61. The Morgan fingerprint density at radius 1 is 1.67 bits per heavy atom. The number of hydrogen-bond acceptors (Lipinski definition) is 3. The molecular formula is C10H13FN2O2. The maximum absolute atomic E-state index is 12.8. The Hall–Kier alpha value is -1.62. The molecule has 0 aliphatic carbocycles. The smallest absolute Gasteiger partial charge is 0.274 e. The van der Waals surface area contributed by atoms with Gasteiger partial charge in [-0.2, -0.15) is 0 Å². The minimum Gasteiger partial charge on any atom is -0.480 e. The van der Waals surface area contributed by atoms with E-state index < -0.39 is 17.8 Å². The highest BCUT2D eigenvalue weighted by atomic mass is 19.1. The first-order chi connectivity index (χ1) is 7.17. The summed E-state index contributed by atoms with van der Waals surface area (Å²) < 4.78 is 18.1. The van der Waals surface area contributed by atoms with E-state index in [1.54, 1.807) is 13.0 Å². The molecule has 0 aliphatic rings. The second kappa shape index (κ2) is 5.31. The van der Waals surface area contributed by atoms with E-state index in [1.165, 1.54) is 18.2 Å². The molecule has 15 heavy (non-hydrogen) atoms. The van der Waals surface area contributed by atoms with E-state index in [4.69, 9.17) is 10.6 Å². The zero-order chi connectivity index (χ0) is 11.3. The summed E-state index contributed by atoms with van der Waals surface area (Å²) in [5.74, 6) is 4.45. The molecule has 1 aromatic rings. The molecule has 0 saturated heterocycles. The number of hydrogen-bond donors (Lipinski definition) is 2. The van der Waals surface area contributed by atoms with Gasteiger partial charge >= 0.3 is 0 Å². The third-order valence-electron chi connectivity index (χ3n) is 1.88. The average molecular weight is 212 g/mol. The summed E-state index contributed by atoms with van der Waals surface area (Å²) in [6.07, 6.45) is -0.240. The maximum atomic E-state index is 12.8. The van der Waals surface area contributed by atoms with Crippen LogP contribution in [0, 0.1) is 5.82 Å². The Kier molecular flexibility index (Phi) is 4.05. The molecule has 82 valence electrons. The van der Waals surface area contributed by atoms with Crippen LogP contribution in [0.3, 0.4) is 0 Å². The highest BCUT2D eigenvalue weighted by molar-refractivity contribution is 5.80. The molecule has 0 spiro atoms. The Labute approximate surface area is 87.2 Å². The highest BCUT2D eigenvalue weighted by Crippen LogP contribution is 2.14. The molecule has 5 heteroatoms. The number of carbonyl (C=O) groups excluding carboxylic acids is 1. The molecule has 0 aliphatic heterocycles. The van der Waals surface area contributed by atoms with Crippen molar-refractivity contribution in [1.29, 1.82) is 0 Å². The Morgan fingerprint density at radius 2 is 2.40 bits per heavy atom. The van der Waals surface area contributed by atoms with Gasteiger partial charge in [0.1, 0.15) is 11.6 Å². The van der Waals surface area contributed by atoms with Gasteiger partial charge in [0.25, 0.3) is 5.91 Å². The Balaban J connectivity index is 2.70. The first-order valence-electron chi connectivity index (χ1n) is 4.60. The van der Waals surface area contributed by atoms with Crippen LogP contribution >= 0.6 is 0 Å². The molecule has 4 nitrogen and oxygen atoms in total. The largest absolute Gasteiger partial charge is 0.480 e. The first kappa shape index (κ1) is 11.5. The van der Waals surface area contributed by atoms with Gasteiger partial charge in [0.15, 0.2) is 6.10 Å². The third kappa shape index (κ3) is 3.21. The number of carbonyl (C=O) groups is 1. The lowest BCUT2D eigenvalue weighted by Gasteiger charge is -2.15. The number of ether oxygens (including phenoxy) is 1. The zero-order valence-electron chi connectivity index (χ0n) is 8.37. The molecule has 1 unspecified atom stereocenters. The molecule has 1 amide bonds. The molecule has 0 aromatic heterocycles. The quantitative estimate of drug-likeness (QED) is 0.444. The van der Waals surface area contributed by atoms with Gasteiger partial charge in [-0.25, -0.2) is 10.2 Å². The number of benzene rings is 1. The number of nitrogens with two attached hydrogens (primary N) is 1. The Morgan fingerprint density at radius 3 is 2.93 bits per heavy atom. The van der Waals surface area contributed by atoms with E-state index in [0.29, 0.717) is 12.2 Å². The van der Waals surface area contributed by atoms with E-state index in [9.17, 15) is 9.18 Å². The summed E-state index contributed by atoms with van der Waals surface area (Å²) in [5.41, 5.74) is 1.99. The van der Waals surface area contributed by atoms with Crippen molar-refractivity contribution < 1.29 is 13.9 Å². The second-order valence-electron chi connectivity index (χ2n) is 2.98. The van der Waals surface area contributed by atoms with Crippen LogP contribution in [-0.4, -0.2) is 12.0 Å². The van der Waals surface area contributed by atoms with E-state index in [1.807, 2.05) is 5.43 Å². The van der Waals surface area contributed by atoms with Gasteiger partial charge in [-0.15, -0.1) is 0 Å². The van der Waals surface area contributed by atoms with Gasteiger partial charge < -0.3 is 4.74 Å². The molecule has 1 aromatic carbocycles. The van der Waals surface area contributed by atoms with Crippen LogP contribution in [-0.2, 0) is 4.79 Å². The van der Waals surface area contributed by atoms with Crippen LogP contribution < -0.4 is 16.0 Å². The predicted octanol–water partition coefficient (Wildman–Crippen LogP) is 0.973. The lowest BCUT2D eigenvalue weighted by molar-refractivity contribution is -0.128. The van der Waals surface area contributed by atoms with Crippen molar-refractivity contribution in [3.05, 3.63) is 30.1 Å². The summed E-state index contributed by atoms with van der Waals surface area (Å²) >= 11 is 0. The van der Waals surface area contributed by atoms with E-state index in [0.717, 1.165) is 0 Å². The Bertz CT molecular complexity index is 344. The van der Waals surface area contributed by atoms with Crippen molar-refractivity contribution in [3.8, 4) is 5.75 Å². The fourth-order valence-electron chi connectivity index (χ4n) is 1.12. The number of rotatable bonds is 4. The van der Waals surface area contributed by atoms with Crippen LogP contribution in [0.4, 0.5) is 4.39 Å². The van der Waals surface area contributed by atoms with Crippen molar-refractivity contribution in [3.63, 3.8) is 0 Å². The summed E-state index contributed by atoms with van der Waals surface area (Å²) in [6.45, 7) is 1.78. The first-order valence-corrected chi connectivity index (χ1v) is 4.60. The fourth-order valence-corrected chi connectivity index (χ4v) is 1.12. The number of nitrogens with one attached hydrogen (secondary N) is 1. The highest BCUT2D eigenvalue weighted by Gasteiger charge is 2.16. The predicted molar refractivity (Wildman–Crippen MR) is 53.4 cm³/mol. The maximum Gasteiger partial charge on any atom is 0.274 e. The molecular weight excluding hydrogens is 199 g/mol. The molecule has 1 atom stereocenters. The molecule has 0 heterocycles. The van der Waals surface area contributed by atoms with Gasteiger partial charge in [-0.3, -0.25) is 10.2 Å². The van der Waals surface area contributed by atoms with Gasteiger partial charge in [0.05, 0.1) is 0 Å². The van der Waals surface area contributed by atoms with E-state index >= 15 is 0 Å². The van der Waals surface area contributed by atoms with Crippen LogP contribution in [0.2, 0.25) is 0 Å². The normalized spacial score (nSPS) is 11.9. The van der Waals surface area contributed by atoms with Gasteiger partial charge in [0, 0.05) is 6.07 Å². The van der Waals surface area contributed by atoms with Crippen molar-refractivity contribution in [2.24, 2.45) is 5.84 Å². The van der Waals surface area contributed by atoms with Gasteiger partial charge in [-0.05, 0) is 18.6 Å². The van der Waals surface area contributed by atoms with E-state index in [-0.39, 0.29) is 0 Å². The second-order valence-corrected chi connectivity index (χ2v) is 2.98. The van der Waals surface area contributed by atoms with Crippen molar-refractivity contribution >= 4 is 5.91 Å². The lowest BCUT2D eigenvalue weighted by atomic mass is 10.2. The van der Waals surface area contributed by atoms with Crippen LogP contribution in [0.15, 0.2) is 24.3 Å². The lowest BCUT2D eigenvalue weighted by Crippen LogP contribution is -2.41. The molecule has 3 N–H and O–H groups in total. The molecule has 0 saturated carbocycles. The third-order valence-corrected chi connectivity index (χ3v) is 1.88. The molecule has 1 rings (SSSR count). The van der Waals surface area contributed by atoms with Crippen molar-refractivity contribution in [2.75, 3.05) is 0 Å². The number of hydrazine groups is 1. The van der Waals surface area contributed by atoms with Crippen LogP contribution in [0.5, 0.6) is 5.75 Å². The number of amides is 1. The SMILES string of the molecule is CCC(Oc1cccc(F)c1)C(=O)NN. The molecule has 0 bridgehead atoms.